The van der Waals surface area contributed by atoms with Gasteiger partial charge < -0.3 is 9.84 Å². The Balaban J connectivity index is 4.00. The van der Waals surface area contributed by atoms with E-state index in [1.165, 1.54) is 0 Å². The molecule has 0 saturated carbocycles. The van der Waals surface area contributed by atoms with Gasteiger partial charge in [-0.15, -0.1) is 0 Å². The molecule has 0 amide bonds. The molecule has 0 aliphatic carbocycles. The summed E-state index contributed by atoms with van der Waals surface area (Å²) in [6.45, 7) is 3.07. The Bertz CT molecular complexity index is 132. The summed E-state index contributed by atoms with van der Waals surface area (Å²) in [5, 5.41) is 8.14. The van der Waals surface area contributed by atoms with Crippen LogP contribution in [-0.4, -0.2) is 15.6 Å². The molecule has 0 spiro atoms. The van der Waals surface area contributed by atoms with E-state index in [4.69, 9.17) is 28.3 Å². The van der Waals surface area contributed by atoms with E-state index in [9.17, 15) is 4.79 Å². The summed E-state index contributed by atoms with van der Waals surface area (Å²) in [5.74, 6) is -1.47. The van der Waals surface area contributed by atoms with Crippen LogP contribution in [0.1, 0.15) is 0 Å². The first-order valence-corrected chi connectivity index (χ1v) is 2.66. The topological polar surface area (TPSA) is 46.5 Å². The second-order valence-electron chi connectivity index (χ2n) is 1.11. The van der Waals surface area contributed by atoms with Crippen molar-refractivity contribution < 1.29 is 14.6 Å². The Labute approximate surface area is 61.8 Å². The fourth-order valence-electron chi connectivity index (χ4n) is 0.155. The number of carbonyl (C=O) groups is 1. The van der Waals surface area contributed by atoms with E-state index >= 15 is 0 Å². The highest BCUT2D eigenvalue weighted by Gasteiger charge is 2.34. The molecular formula is C4H4Cl2O3. The van der Waals surface area contributed by atoms with Crippen LogP contribution in [0, 0.1) is 0 Å². The number of carboxylic acids is 1. The molecule has 0 radical (unpaired) electrons. The number of alkyl halides is 2. The Hall–Kier alpha value is -0.410. The molecule has 0 rings (SSSR count). The van der Waals surface area contributed by atoms with Gasteiger partial charge in [-0.1, -0.05) is 6.58 Å². The van der Waals surface area contributed by atoms with Gasteiger partial charge in [0.15, 0.2) is 0 Å². The summed E-state index contributed by atoms with van der Waals surface area (Å²) < 4.78 is 1.98. The van der Waals surface area contributed by atoms with E-state index in [0.29, 0.717) is 0 Å². The smallest absolute Gasteiger partial charge is 0.381 e. The van der Waals surface area contributed by atoms with Crippen molar-refractivity contribution in [3.8, 4) is 0 Å². The monoisotopic (exact) mass is 170 g/mol. The molecule has 0 heterocycles. The van der Waals surface area contributed by atoms with E-state index in [-0.39, 0.29) is 0 Å². The van der Waals surface area contributed by atoms with Crippen LogP contribution in [0.15, 0.2) is 12.8 Å². The van der Waals surface area contributed by atoms with E-state index in [2.05, 4.69) is 11.3 Å². The first kappa shape index (κ1) is 8.59. The second-order valence-corrected chi connectivity index (χ2v) is 2.36. The predicted molar refractivity (Wildman–Crippen MR) is 33.4 cm³/mol. The molecule has 0 aromatic heterocycles. The number of hydrogen-bond donors (Lipinski definition) is 1. The summed E-state index contributed by atoms with van der Waals surface area (Å²) in [4.78, 5) is 9.97. The average Bonchev–Trinajstić information content (AvgIpc) is 1.65. The Kier molecular flexibility index (Phi) is 2.81. The molecule has 0 unspecified atom stereocenters. The highest BCUT2D eigenvalue weighted by Crippen LogP contribution is 2.22. The van der Waals surface area contributed by atoms with E-state index in [0.717, 1.165) is 6.26 Å². The molecule has 0 aliphatic rings. The molecule has 1 N–H and O–H groups in total. The van der Waals surface area contributed by atoms with Gasteiger partial charge in [0.05, 0.1) is 6.26 Å². The molecule has 5 heteroatoms. The third-order valence-electron chi connectivity index (χ3n) is 0.480. The maximum Gasteiger partial charge on any atom is 0.381 e. The quantitative estimate of drug-likeness (QED) is 0.515. The third-order valence-corrected chi connectivity index (χ3v) is 0.982. The van der Waals surface area contributed by atoms with Gasteiger partial charge in [-0.05, 0) is 23.2 Å². The summed E-state index contributed by atoms with van der Waals surface area (Å²) in [6, 6.07) is 0. The molecule has 0 aromatic rings. The largest absolute Gasteiger partial charge is 0.476 e. The minimum atomic E-state index is -2.21. The molecular weight excluding hydrogens is 167 g/mol. The van der Waals surface area contributed by atoms with Crippen molar-refractivity contribution in [3.63, 3.8) is 0 Å². The molecule has 52 valence electrons. The third kappa shape index (κ3) is 2.58. The molecule has 3 nitrogen and oxygen atoms in total. The van der Waals surface area contributed by atoms with Crippen molar-refractivity contribution in [3.05, 3.63) is 12.8 Å². The molecule has 0 aromatic carbocycles. The van der Waals surface area contributed by atoms with Crippen molar-refractivity contribution in [2.75, 3.05) is 0 Å². The zero-order valence-electron chi connectivity index (χ0n) is 4.30. The van der Waals surface area contributed by atoms with Gasteiger partial charge in [0.2, 0.25) is 0 Å². The van der Waals surface area contributed by atoms with Gasteiger partial charge in [-0.3, -0.25) is 0 Å². The highest BCUT2D eigenvalue weighted by molar-refractivity contribution is 6.56. The predicted octanol–water partition coefficient (Wildman–Crippen LogP) is 1.36. The van der Waals surface area contributed by atoms with Crippen LogP contribution in [0.2, 0.25) is 0 Å². The lowest BCUT2D eigenvalue weighted by molar-refractivity contribution is -0.145. The van der Waals surface area contributed by atoms with Crippen molar-refractivity contribution in [2.45, 2.75) is 4.52 Å². The Morgan fingerprint density at radius 1 is 1.78 bits per heavy atom. The minimum absolute atomic E-state index is 0.855. The fourth-order valence-corrected chi connectivity index (χ4v) is 0.281. The molecule has 9 heavy (non-hydrogen) atoms. The maximum absolute atomic E-state index is 9.97. The van der Waals surface area contributed by atoms with Crippen LogP contribution in [0.3, 0.4) is 0 Å². The SMILES string of the molecule is C=COC(Cl)(Cl)C(=O)O. The number of aliphatic carboxylic acids is 1. The standard InChI is InChI=1S/C4H4Cl2O3/c1-2-9-4(5,6)3(7)8/h2H,1H2,(H,7,8). The Morgan fingerprint density at radius 2 is 2.22 bits per heavy atom. The number of hydrogen-bond acceptors (Lipinski definition) is 2. The number of rotatable bonds is 3. The second kappa shape index (κ2) is 2.94. The lowest BCUT2D eigenvalue weighted by Gasteiger charge is -2.11. The average molecular weight is 171 g/mol. The van der Waals surface area contributed by atoms with Gasteiger partial charge in [-0.25, -0.2) is 4.79 Å². The molecule has 0 fully saturated rings. The van der Waals surface area contributed by atoms with Crippen LogP contribution in [0.25, 0.3) is 0 Å². The number of carboxylic acid groups (broad SMARTS) is 1. The Morgan fingerprint density at radius 3 is 2.33 bits per heavy atom. The number of halogens is 2. The van der Waals surface area contributed by atoms with Gasteiger partial charge >= 0.3 is 10.5 Å². The number of ether oxygens (including phenoxy) is 1. The van der Waals surface area contributed by atoms with Crippen LogP contribution in [0.5, 0.6) is 0 Å². The van der Waals surface area contributed by atoms with Crippen molar-refractivity contribution >= 4 is 29.2 Å². The molecule has 0 atom stereocenters. The van der Waals surface area contributed by atoms with Gasteiger partial charge in [0.25, 0.3) is 0 Å². The van der Waals surface area contributed by atoms with E-state index in [1.54, 1.807) is 0 Å². The van der Waals surface area contributed by atoms with Gasteiger partial charge in [0, 0.05) is 0 Å². The van der Waals surface area contributed by atoms with Crippen LogP contribution >= 0.6 is 23.2 Å². The first-order chi connectivity index (χ1) is 4.00. The van der Waals surface area contributed by atoms with Crippen molar-refractivity contribution in [1.82, 2.24) is 0 Å². The van der Waals surface area contributed by atoms with Crippen molar-refractivity contribution in [2.24, 2.45) is 0 Å². The lowest BCUT2D eigenvalue weighted by Crippen LogP contribution is -2.26. The minimum Gasteiger partial charge on any atom is -0.476 e. The van der Waals surface area contributed by atoms with E-state index < -0.39 is 10.5 Å². The normalized spacial score (nSPS) is 10.4. The summed E-state index contributed by atoms with van der Waals surface area (Å²) in [5.41, 5.74) is 0. The van der Waals surface area contributed by atoms with Gasteiger partial charge in [-0.2, -0.15) is 0 Å². The molecule has 0 aliphatic heterocycles. The lowest BCUT2D eigenvalue weighted by atomic mass is 10.7. The van der Waals surface area contributed by atoms with Crippen LogP contribution in [-0.2, 0) is 9.53 Å². The molecule has 0 bridgehead atoms. The van der Waals surface area contributed by atoms with E-state index in [1.807, 2.05) is 0 Å². The molecule has 0 saturated heterocycles. The van der Waals surface area contributed by atoms with Crippen LogP contribution in [0.4, 0.5) is 0 Å². The van der Waals surface area contributed by atoms with Crippen molar-refractivity contribution in [1.29, 1.82) is 0 Å². The summed E-state index contributed by atoms with van der Waals surface area (Å²) >= 11 is 10.1. The highest BCUT2D eigenvalue weighted by atomic mass is 35.5. The zero-order chi connectivity index (χ0) is 7.49. The van der Waals surface area contributed by atoms with Gasteiger partial charge in [0.1, 0.15) is 0 Å². The summed E-state index contributed by atoms with van der Waals surface area (Å²) in [6.07, 6.45) is 0.855. The summed E-state index contributed by atoms with van der Waals surface area (Å²) in [7, 11) is 0. The zero-order valence-corrected chi connectivity index (χ0v) is 5.82. The van der Waals surface area contributed by atoms with Crippen LogP contribution < -0.4 is 0 Å². The first-order valence-electron chi connectivity index (χ1n) is 1.90. The maximum atomic E-state index is 9.97. The fraction of sp³-hybridized carbons (Fsp3) is 0.250.